The molecule has 0 spiro atoms. The molecule has 1 unspecified atom stereocenters. The summed E-state index contributed by atoms with van der Waals surface area (Å²) in [6.07, 6.45) is 0. The number of fused-ring (bicyclic) bond motifs is 1. The van der Waals surface area contributed by atoms with E-state index in [1.807, 2.05) is 29.5 Å². The summed E-state index contributed by atoms with van der Waals surface area (Å²) in [6, 6.07) is 14.6. The van der Waals surface area contributed by atoms with Gasteiger partial charge in [-0.3, -0.25) is 0 Å². The van der Waals surface area contributed by atoms with Gasteiger partial charge in [0, 0.05) is 19.1 Å². The molecule has 0 aliphatic rings. The maximum absolute atomic E-state index is 6.08. The molecular weight excluding hydrogens is 366 g/mol. The van der Waals surface area contributed by atoms with Gasteiger partial charge >= 0.3 is 0 Å². The Hall–Kier alpha value is -1.03. The van der Waals surface area contributed by atoms with Crippen molar-refractivity contribution in [3.8, 4) is 0 Å². The lowest BCUT2D eigenvalue weighted by atomic mass is 10.1. The minimum Gasteiger partial charge on any atom is -0.377 e. The van der Waals surface area contributed by atoms with Gasteiger partial charge in [-0.1, -0.05) is 29.8 Å². The second-order valence-electron chi connectivity index (χ2n) is 5.08. The molecule has 1 aromatic heterocycles. The number of rotatable bonds is 3. The van der Waals surface area contributed by atoms with Gasteiger partial charge in [0.1, 0.15) is 0 Å². The van der Waals surface area contributed by atoms with Gasteiger partial charge in [-0.25, -0.2) is 0 Å². The summed E-state index contributed by atoms with van der Waals surface area (Å²) < 4.78 is 2.36. The Labute approximate surface area is 142 Å². The fourth-order valence-corrected chi connectivity index (χ4v) is 4.26. The smallest absolute Gasteiger partial charge is 0.0581 e. The van der Waals surface area contributed by atoms with E-state index < -0.39 is 0 Å². The summed E-state index contributed by atoms with van der Waals surface area (Å²) in [7, 11) is 0. The van der Waals surface area contributed by atoms with Gasteiger partial charge in [-0.2, -0.15) is 0 Å². The molecule has 4 heteroatoms. The average Bonchev–Trinajstić information content (AvgIpc) is 2.81. The molecule has 0 saturated carbocycles. The van der Waals surface area contributed by atoms with Crippen molar-refractivity contribution in [2.75, 3.05) is 5.32 Å². The standard InChI is InChI=1S/C17H15BrClNS/c1-10-13-5-3-4-6-16(13)21-17(10)11(2)20-15-9-12(19)7-8-14(15)18/h3-9,11,20H,1-2H3. The van der Waals surface area contributed by atoms with Crippen LogP contribution in [0, 0.1) is 6.92 Å². The highest BCUT2D eigenvalue weighted by Crippen LogP contribution is 2.37. The number of hydrogen-bond acceptors (Lipinski definition) is 2. The molecule has 108 valence electrons. The molecule has 3 rings (SSSR count). The molecule has 1 N–H and O–H groups in total. The number of anilines is 1. The van der Waals surface area contributed by atoms with Crippen molar-refractivity contribution in [3.63, 3.8) is 0 Å². The molecule has 0 bridgehead atoms. The third kappa shape index (κ3) is 2.96. The first kappa shape index (κ1) is 14.9. The minimum atomic E-state index is 0.233. The molecule has 1 nitrogen and oxygen atoms in total. The molecule has 1 heterocycles. The summed E-state index contributed by atoms with van der Waals surface area (Å²) in [5.74, 6) is 0. The fraction of sp³-hybridized carbons (Fsp3) is 0.176. The predicted molar refractivity (Wildman–Crippen MR) is 97.8 cm³/mol. The third-order valence-electron chi connectivity index (χ3n) is 3.57. The van der Waals surface area contributed by atoms with Crippen molar-refractivity contribution < 1.29 is 0 Å². The van der Waals surface area contributed by atoms with E-state index in [4.69, 9.17) is 11.6 Å². The Morgan fingerprint density at radius 2 is 1.95 bits per heavy atom. The highest BCUT2D eigenvalue weighted by Gasteiger charge is 2.15. The van der Waals surface area contributed by atoms with Crippen LogP contribution >= 0.6 is 38.9 Å². The van der Waals surface area contributed by atoms with Crippen LogP contribution in [-0.2, 0) is 0 Å². The Morgan fingerprint density at radius 3 is 2.71 bits per heavy atom. The summed E-state index contributed by atoms with van der Waals surface area (Å²) in [5.41, 5.74) is 2.38. The zero-order valence-electron chi connectivity index (χ0n) is 11.8. The van der Waals surface area contributed by atoms with E-state index in [2.05, 4.69) is 59.4 Å². The molecule has 0 amide bonds. The van der Waals surface area contributed by atoms with E-state index in [0.29, 0.717) is 0 Å². The quantitative estimate of drug-likeness (QED) is 0.527. The average molecular weight is 381 g/mol. The van der Waals surface area contributed by atoms with Gasteiger partial charge in [-0.05, 0) is 65.0 Å². The van der Waals surface area contributed by atoms with Crippen molar-refractivity contribution in [3.05, 3.63) is 62.4 Å². The first-order valence-corrected chi connectivity index (χ1v) is 8.74. The second kappa shape index (κ2) is 5.99. The van der Waals surface area contributed by atoms with Crippen LogP contribution in [0.3, 0.4) is 0 Å². The van der Waals surface area contributed by atoms with Crippen LogP contribution in [0.1, 0.15) is 23.4 Å². The molecule has 21 heavy (non-hydrogen) atoms. The third-order valence-corrected chi connectivity index (χ3v) is 5.96. The van der Waals surface area contributed by atoms with Gasteiger partial charge in [0.05, 0.1) is 11.7 Å². The molecule has 0 radical (unpaired) electrons. The Balaban J connectivity index is 1.95. The van der Waals surface area contributed by atoms with Gasteiger partial charge in [-0.15, -0.1) is 11.3 Å². The molecule has 3 aromatic rings. The second-order valence-corrected chi connectivity index (χ2v) is 7.45. The van der Waals surface area contributed by atoms with Crippen LogP contribution < -0.4 is 5.32 Å². The lowest BCUT2D eigenvalue weighted by Crippen LogP contribution is -2.06. The number of halogens is 2. The van der Waals surface area contributed by atoms with Crippen LogP contribution in [0.15, 0.2) is 46.9 Å². The lowest BCUT2D eigenvalue weighted by Gasteiger charge is -2.16. The first-order valence-electron chi connectivity index (χ1n) is 6.76. The first-order chi connectivity index (χ1) is 10.1. The molecule has 1 atom stereocenters. The normalized spacial score (nSPS) is 12.6. The van der Waals surface area contributed by atoms with Crippen molar-refractivity contribution in [2.24, 2.45) is 0 Å². The maximum atomic E-state index is 6.08. The van der Waals surface area contributed by atoms with Crippen LogP contribution in [0.2, 0.25) is 5.02 Å². The monoisotopic (exact) mass is 379 g/mol. The largest absolute Gasteiger partial charge is 0.377 e. The van der Waals surface area contributed by atoms with Crippen LogP contribution in [0.5, 0.6) is 0 Å². The maximum Gasteiger partial charge on any atom is 0.0581 e. The SMILES string of the molecule is Cc1c(C(C)Nc2cc(Cl)ccc2Br)sc2ccccc12. The number of hydrogen-bond donors (Lipinski definition) is 1. The number of benzene rings is 2. The molecule has 0 aliphatic carbocycles. The Morgan fingerprint density at radius 1 is 1.19 bits per heavy atom. The predicted octanol–water partition coefficient (Wildman–Crippen LogP) is 6.80. The zero-order valence-corrected chi connectivity index (χ0v) is 14.9. The lowest BCUT2D eigenvalue weighted by molar-refractivity contribution is 0.899. The molecule has 0 saturated heterocycles. The minimum absolute atomic E-state index is 0.233. The number of aryl methyl sites for hydroxylation is 1. The Bertz CT molecular complexity index is 797. The molecular formula is C17H15BrClNS. The van der Waals surface area contributed by atoms with Crippen LogP contribution in [0.25, 0.3) is 10.1 Å². The number of thiophene rings is 1. The fourth-order valence-electron chi connectivity index (χ4n) is 2.51. The molecule has 0 fully saturated rings. The van der Waals surface area contributed by atoms with E-state index in [9.17, 15) is 0 Å². The summed E-state index contributed by atoms with van der Waals surface area (Å²) >= 11 is 11.5. The molecule has 2 aromatic carbocycles. The molecule has 0 aliphatic heterocycles. The van der Waals surface area contributed by atoms with E-state index >= 15 is 0 Å². The summed E-state index contributed by atoms with van der Waals surface area (Å²) in [5, 5.41) is 5.63. The van der Waals surface area contributed by atoms with E-state index in [-0.39, 0.29) is 6.04 Å². The van der Waals surface area contributed by atoms with Gasteiger partial charge in [0.15, 0.2) is 0 Å². The summed E-state index contributed by atoms with van der Waals surface area (Å²) in [6.45, 7) is 4.38. The zero-order chi connectivity index (χ0) is 15.0. The Kier molecular flexibility index (Phi) is 4.25. The summed E-state index contributed by atoms with van der Waals surface area (Å²) in [4.78, 5) is 1.36. The van der Waals surface area contributed by atoms with Gasteiger partial charge in [0.2, 0.25) is 0 Å². The van der Waals surface area contributed by atoms with Gasteiger partial charge in [0.25, 0.3) is 0 Å². The van der Waals surface area contributed by atoms with E-state index in [1.165, 1.54) is 20.5 Å². The highest BCUT2D eigenvalue weighted by molar-refractivity contribution is 9.10. The van der Waals surface area contributed by atoms with E-state index in [0.717, 1.165) is 15.2 Å². The van der Waals surface area contributed by atoms with Crippen LogP contribution in [0.4, 0.5) is 5.69 Å². The van der Waals surface area contributed by atoms with Crippen molar-refractivity contribution in [1.29, 1.82) is 0 Å². The highest BCUT2D eigenvalue weighted by atomic mass is 79.9. The van der Waals surface area contributed by atoms with Crippen molar-refractivity contribution in [2.45, 2.75) is 19.9 Å². The van der Waals surface area contributed by atoms with Crippen LogP contribution in [-0.4, -0.2) is 0 Å². The van der Waals surface area contributed by atoms with E-state index in [1.54, 1.807) is 0 Å². The number of nitrogens with one attached hydrogen (secondary N) is 1. The topological polar surface area (TPSA) is 12.0 Å². The van der Waals surface area contributed by atoms with Crippen molar-refractivity contribution in [1.82, 2.24) is 0 Å². The van der Waals surface area contributed by atoms with Crippen molar-refractivity contribution >= 4 is 54.6 Å². The van der Waals surface area contributed by atoms with Gasteiger partial charge < -0.3 is 5.32 Å².